The third-order valence-electron chi connectivity index (χ3n) is 1.82. The van der Waals surface area contributed by atoms with Gasteiger partial charge in [-0.1, -0.05) is 12.2 Å². The van der Waals surface area contributed by atoms with Crippen molar-refractivity contribution in [2.24, 2.45) is 0 Å². The van der Waals surface area contributed by atoms with E-state index in [1.54, 1.807) is 0 Å². The first-order chi connectivity index (χ1) is 6.23. The van der Waals surface area contributed by atoms with E-state index in [0.717, 1.165) is 6.08 Å². The van der Waals surface area contributed by atoms with Gasteiger partial charge in [-0.2, -0.15) is 26.3 Å². The van der Waals surface area contributed by atoms with Gasteiger partial charge in [0.25, 0.3) is 0 Å². The maximum absolute atomic E-state index is 12.1. The topological polar surface area (TPSA) is 0 Å². The maximum atomic E-state index is 12.1. The van der Waals surface area contributed by atoms with Gasteiger partial charge in [-0.3, -0.25) is 0 Å². The van der Waals surface area contributed by atoms with Crippen LogP contribution in [0.25, 0.3) is 0 Å². The zero-order valence-corrected chi connectivity index (χ0v) is 6.84. The van der Waals surface area contributed by atoms with E-state index in [0.29, 0.717) is 6.08 Å². The van der Waals surface area contributed by atoms with Gasteiger partial charge in [0.05, 0.1) is 5.57 Å². The van der Waals surface area contributed by atoms with Gasteiger partial charge >= 0.3 is 12.4 Å². The van der Waals surface area contributed by atoms with Crippen LogP contribution < -0.4 is 0 Å². The molecule has 0 aromatic heterocycles. The molecule has 80 valence electrons. The van der Waals surface area contributed by atoms with Gasteiger partial charge < -0.3 is 0 Å². The first-order valence-electron chi connectivity index (χ1n) is 3.77. The van der Waals surface area contributed by atoms with Crippen LogP contribution >= 0.6 is 0 Å². The van der Waals surface area contributed by atoms with Gasteiger partial charge in [0.2, 0.25) is 0 Å². The molecule has 0 aromatic rings. The van der Waals surface area contributed by atoms with Crippen LogP contribution in [-0.2, 0) is 0 Å². The van der Waals surface area contributed by atoms with Crippen LogP contribution in [0.3, 0.4) is 0 Å². The van der Waals surface area contributed by atoms with E-state index >= 15 is 0 Å². The predicted octanol–water partition coefficient (Wildman–Crippen LogP) is 3.76. The predicted molar refractivity (Wildman–Crippen MR) is 37.5 cm³/mol. The maximum Gasteiger partial charge on any atom is 0.416 e. The number of halogens is 6. The highest BCUT2D eigenvalue weighted by Crippen LogP contribution is 2.40. The average molecular weight is 216 g/mol. The van der Waals surface area contributed by atoms with Gasteiger partial charge in [0.1, 0.15) is 0 Å². The van der Waals surface area contributed by atoms with E-state index in [4.69, 9.17) is 0 Å². The number of hydrogen-bond donors (Lipinski definition) is 0. The summed E-state index contributed by atoms with van der Waals surface area (Å²) in [5.74, 6) is 0. The highest BCUT2D eigenvalue weighted by atomic mass is 19.4. The van der Waals surface area contributed by atoms with Crippen molar-refractivity contribution in [3.63, 3.8) is 0 Å². The minimum atomic E-state index is -4.93. The Morgan fingerprint density at radius 1 is 0.929 bits per heavy atom. The molecule has 0 radical (unpaired) electrons. The lowest BCUT2D eigenvalue weighted by molar-refractivity contribution is -0.115. The molecule has 6 heteroatoms. The van der Waals surface area contributed by atoms with Gasteiger partial charge in [-0.05, 0) is 12.8 Å². The fourth-order valence-corrected chi connectivity index (χ4v) is 1.22. The van der Waals surface area contributed by atoms with Crippen molar-refractivity contribution < 1.29 is 26.3 Å². The van der Waals surface area contributed by atoms with Gasteiger partial charge in [-0.25, -0.2) is 0 Å². The molecule has 0 spiro atoms. The van der Waals surface area contributed by atoms with Crippen molar-refractivity contribution in [3.8, 4) is 0 Å². The van der Waals surface area contributed by atoms with Crippen LogP contribution in [0.2, 0.25) is 0 Å². The summed E-state index contributed by atoms with van der Waals surface area (Å²) in [6.07, 6.45) is -8.84. The molecule has 1 aliphatic carbocycles. The second-order valence-electron chi connectivity index (χ2n) is 2.83. The fourth-order valence-electron chi connectivity index (χ4n) is 1.22. The molecular formula is C8H6F6. The van der Waals surface area contributed by atoms with Crippen LogP contribution in [0.5, 0.6) is 0 Å². The molecule has 0 saturated carbocycles. The molecule has 0 heterocycles. The van der Waals surface area contributed by atoms with Gasteiger partial charge in [0, 0.05) is 5.57 Å². The summed E-state index contributed by atoms with van der Waals surface area (Å²) in [6, 6.07) is 0. The molecule has 0 aliphatic heterocycles. The van der Waals surface area contributed by atoms with Crippen molar-refractivity contribution in [1.82, 2.24) is 0 Å². The highest BCUT2D eigenvalue weighted by Gasteiger charge is 2.44. The lowest BCUT2D eigenvalue weighted by atomic mass is 9.97. The monoisotopic (exact) mass is 216 g/mol. The summed E-state index contributed by atoms with van der Waals surface area (Å²) in [4.78, 5) is 0. The molecule has 1 rings (SSSR count). The number of allylic oxidation sites excluding steroid dienone is 4. The minimum absolute atomic E-state index is 0.00553. The van der Waals surface area contributed by atoms with Gasteiger partial charge in [-0.15, -0.1) is 0 Å². The smallest absolute Gasteiger partial charge is 0.166 e. The van der Waals surface area contributed by atoms with Gasteiger partial charge in [0.15, 0.2) is 0 Å². The molecule has 0 atom stereocenters. The fraction of sp³-hybridized carbons (Fsp3) is 0.500. The second-order valence-corrected chi connectivity index (χ2v) is 2.83. The largest absolute Gasteiger partial charge is 0.416 e. The Bertz CT molecular complexity index is 277. The zero-order chi connectivity index (χ0) is 11.0. The molecule has 0 nitrogen and oxygen atoms in total. The zero-order valence-electron chi connectivity index (χ0n) is 6.84. The lowest BCUT2D eigenvalue weighted by Crippen LogP contribution is -2.22. The normalized spacial score (nSPS) is 19.0. The molecular weight excluding hydrogens is 210 g/mol. The summed E-state index contributed by atoms with van der Waals surface area (Å²) >= 11 is 0. The minimum Gasteiger partial charge on any atom is -0.166 e. The summed E-state index contributed by atoms with van der Waals surface area (Å²) in [5.41, 5.74) is -3.05. The van der Waals surface area contributed by atoms with Crippen molar-refractivity contribution in [2.75, 3.05) is 0 Å². The molecule has 1 aliphatic rings. The Hall–Kier alpha value is -0.940. The highest BCUT2D eigenvalue weighted by molar-refractivity contribution is 5.35. The molecule has 0 N–H and O–H groups in total. The van der Waals surface area contributed by atoms with Crippen LogP contribution in [-0.4, -0.2) is 12.4 Å². The quantitative estimate of drug-likeness (QED) is 0.541. The first-order valence-corrected chi connectivity index (χ1v) is 3.77. The Balaban J connectivity index is 3.18. The summed E-state index contributed by atoms with van der Waals surface area (Å²) in [5, 5.41) is 0. The SMILES string of the molecule is FC(F)(F)C1=C(C(F)(F)F)CCC=C1. The van der Waals surface area contributed by atoms with Crippen molar-refractivity contribution in [2.45, 2.75) is 25.2 Å². The van der Waals surface area contributed by atoms with E-state index < -0.39 is 29.9 Å². The second kappa shape index (κ2) is 3.33. The van der Waals surface area contributed by atoms with Crippen molar-refractivity contribution >= 4 is 0 Å². The Morgan fingerprint density at radius 2 is 1.50 bits per heavy atom. The van der Waals surface area contributed by atoms with E-state index in [-0.39, 0.29) is 6.42 Å². The summed E-state index contributed by atoms with van der Waals surface area (Å²) in [6.45, 7) is 0. The number of hydrogen-bond acceptors (Lipinski definition) is 0. The molecule has 14 heavy (non-hydrogen) atoms. The average Bonchev–Trinajstić information content (AvgIpc) is 2.01. The summed E-state index contributed by atoms with van der Waals surface area (Å²) < 4.78 is 72.7. The van der Waals surface area contributed by atoms with Crippen LogP contribution in [0.4, 0.5) is 26.3 Å². The first kappa shape index (κ1) is 11.1. The molecule has 0 aromatic carbocycles. The van der Waals surface area contributed by atoms with Crippen molar-refractivity contribution in [3.05, 3.63) is 23.3 Å². The third kappa shape index (κ3) is 2.30. The third-order valence-corrected chi connectivity index (χ3v) is 1.82. The lowest BCUT2D eigenvalue weighted by Gasteiger charge is -2.20. The summed E-state index contributed by atoms with van der Waals surface area (Å²) in [7, 11) is 0. The van der Waals surface area contributed by atoms with E-state index in [2.05, 4.69) is 0 Å². The van der Waals surface area contributed by atoms with Crippen LogP contribution in [0.1, 0.15) is 12.8 Å². The van der Waals surface area contributed by atoms with Crippen LogP contribution in [0.15, 0.2) is 23.3 Å². The standard InChI is InChI=1S/C8H6F6/c9-7(10,11)5-3-1-2-4-6(5)8(12,13)14/h1,3H,2,4H2. The van der Waals surface area contributed by atoms with Crippen LogP contribution in [0, 0.1) is 0 Å². The molecule has 0 saturated heterocycles. The molecule has 0 unspecified atom stereocenters. The van der Waals surface area contributed by atoms with E-state index in [1.165, 1.54) is 0 Å². The number of rotatable bonds is 0. The van der Waals surface area contributed by atoms with E-state index in [9.17, 15) is 26.3 Å². The molecule has 0 bridgehead atoms. The van der Waals surface area contributed by atoms with E-state index in [1.807, 2.05) is 0 Å². The Kier molecular flexibility index (Phi) is 2.65. The molecule has 0 amide bonds. The number of alkyl halides is 6. The molecule has 0 fully saturated rings. The van der Waals surface area contributed by atoms with Crippen molar-refractivity contribution in [1.29, 1.82) is 0 Å². The Morgan fingerprint density at radius 3 is 1.86 bits per heavy atom. The Labute approximate surface area is 75.9 Å².